The number of hydrogen-bond acceptors (Lipinski definition) is 2. The number of fused-ring (bicyclic) bond motifs is 1. The van der Waals surface area contributed by atoms with Gasteiger partial charge in [-0.05, 0) is 55.0 Å². The molecule has 0 radical (unpaired) electrons. The molecule has 0 atom stereocenters. The average Bonchev–Trinajstić information content (AvgIpc) is 2.83. The van der Waals surface area contributed by atoms with E-state index >= 15 is 0 Å². The van der Waals surface area contributed by atoms with E-state index in [0.29, 0.717) is 0 Å². The zero-order chi connectivity index (χ0) is 17.3. The van der Waals surface area contributed by atoms with E-state index in [1.165, 1.54) is 12.1 Å². The number of aryl methyl sites for hydroxylation is 1. The molecule has 0 aliphatic rings. The Labute approximate surface area is 140 Å². The summed E-state index contributed by atoms with van der Waals surface area (Å²) < 4.78 is 13.5. The molecule has 24 heavy (non-hydrogen) atoms. The van der Waals surface area contributed by atoms with Gasteiger partial charge in [-0.15, -0.1) is 0 Å². The lowest BCUT2D eigenvalue weighted by Crippen LogP contribution is -2.15. The van der Waals surface area contributed by atoms with E-state index in [-0.39, 0.29) is 18.1 Å². The molecule has 4 nitrogen and oxygen atoms in total. The van der Waals surface area contributed by atoms with Crippen molar-refractivity contribution in [3.63, 3.8) is 0 Å². The number of H-pyrrole nitrogens is 1. The van der Waals surface area contributed by atoms with Crippen molar-refractivity contribution in [1.82, 2.24) is 4.98 Å². The Morgan fingerprint density at radius 3 is 2.54 bits per heavy atom. The van der Waals surface area contributed by atoms with Crippen LogP contribution < -0.4 is 10.2 Å². The van der Waals surface area contributed by atoms with E-state index in [1.54, 1.807) is 6.07 Å². The summed E-state index contributed by atoms with van der Waals surface area (Å²) in [6.45, 7) is 1.90. The monoisotopic (exact) mass is 325 g/mol. The normalized spacial score (nSPS) is 10.8. The van der Waals surface area contributed by atoms with Crippen LogP contribution in [-0.2, 0) is 11.2 Å². The van der Waals surface area contributed by atoms with Gasteiger partial charge in [-0.25, -0.2) is 4.39 Å². The summed E-state index contributed by atoms with van der Waals surface area (Å²) in [5, 5.41) is 3.64. The summed E-state index contributed by atoms with van der Waals surface area (Å²) in [4.78, 5) is 17.5. The number of anilines is 2. The van der Waals surface area contributed by atoms with Crippen LogP contribution in [0.25, 0.3) is 10.9 Å². The van der Waals surface area contributed by atoms with Crippen LogP contribution in [0.2, 0.25) is 0 Å². The number of aromatic nitrogens is 1. The molecule has 124 valence electrons. The molecule has 0 bridgehead atoms. The second kappa shape index (κ2) is 6.35. The standard InChI is InChI=1S/C19H20FN3O/c1-12-16(17-10-13(20)4-9-18(17)21-12)11-19(24)22-14-5-7-15(8-6-14)23(2)3/h4-10,21H,11H2,1-3H3,(H,22,24). The van der Waals surface area contributed by atoms with Crippen molar-refractivity contribution in [2.45, 2.75) is 13.3 Å². The number of aromatic amines is 1. The molecular weight excluding hydrogens is 305 g/mol. The molecule has 2 N–H and O–H groups in total. The lowest BCUT2D eigenvalue weighted by atomic mass is 10.1. The first-order chi connectivity index (χ1) is 11.4. The molecule has 5 heteroatoms. The molecule has 3 aromatic rings. The zero-order valence-corrected chi connectivity index (χ0v) is 14.0. The second-order valence-corrected chi connectivity index (χ2v) is 6.08. The van der Waals surface area contributed by atoms with Gasteiger partial charge < -0.3 is 15.2 Å². The highest BCUT2D eigenvalue weighted by atomic mass is 19.1. The van der Waals surface area contributed by atoms with E-state index in [1.807, 2.05) is 50.2 Å². The third-order valence-corrected chi connectivity index (χ3v) is 4.09. The van der Waals surface area contributed by atoms with Gasteiger partial charge in [-0.2, -0.15) is 0 Å². The number of nitrogens with one attached hydrogen (secondary N) is 2. The van der Waals surface area contributed by atoms with Crippen molar-refractivity contribution >= 4 is 28.2 Å². The summed E-state index contributed by atoms with van der Waals surface area (Å²) in [6, 6.07) is 12.2. The highest BCUT2D eigenvalue weighted by Crippen LogP contribution is 2.24. The maximum Gasteiger partial charge on any atom is 0.228 e. The van der Waals surface area contributed by atoms with Gasteiger partial charge >= 0.3 is 0 Å². The van der Waals surface area contributed by atoms with Gasteiger partial charge in [-0.1, -0.05) is 0 Å². The molecule has 0 aliphatic carbocycles. The van der Waals surface area contributed by atoms with Crippen LogP contribution in [0.3, 0.4) is 0 Å². The maximum atomic E-state index is 13.5. The van der Waals surface area contributed by atoms with Gasteiger partial charge in [0, 0.05) is 42.1 Å². The number of rotatable bonds is 4. The predicted octanol–water partition coefficient (Wildman–Crippen LogP) is 3.86. The summed E-state index contributed by atoms with van der Waals surface area (Å²) in [5.74, 6) is -0.428. The minimum absolute atomic E-state index is 0.124. The fourth-order valence-corrected chi connectivity index (χ4v) is 2.79. The minimum atomic E-state index is -0.303. The molecule has 1 heterocycles. The van der Waals surface area contributed by atoms with Gasteiger partial charge in [0.1, 0.15) is 5.82 Å². The SMILES string of the molecule is Cc1[nH]c2ccc(F)cc2c1CC(=O)Nc1ccc(N(C)C)cc1. The van der Waals surface area contributed by atoms with Crippen LogP contribution >= 0.6 is 0 Å². The maximum absolute atomic E-state index is 13.5. The fraction of sp³-hybridized carbons (Fsp3) is 0.211. The molecule has 0 saturated carbocycles. The number of halogens is 1. The highest BCUT2D eigenvalue weighted by Gasteiger charge is 2.13. The molecule has 0 spiro atoms. The Morgan fingerprint density at radius 2 is 1.88 bits per heavy atom. The van der Waals surface area contributed by atoms with Crippen LogP contribution in [-0.4, -0.2) is 25.0 Å². The first-order valence-corrected chi connectivity index (χ1v) is 7.78. The average molecular weight is 325 g/mol. The predicted molar refractivity (Wildman–Crippen MR) is 96.1 cm³/mol. The Kier molecular flexibility index (Phi) is 4.25. The van der Waals surface area contributed by atoms with E-state index < -0.39 is 0 Å². The van der Waals surface area contributed by atoms with Crippen LogP contribution in [0.4, 0.5) is 15.8 Å². The number of hydrogen-bond donors (Lipinski definition) is 2. The van der Waals surface area contributed by atoms with Crippen molar-refractivity contribution in [1.29, 1.82) is 0 Å². The van der Waals surface area contributed by atoms with E-state index in [4.69, 9.17) is 0 Å². The van der Waals surface area contributed by atoms with Crippen LogP contribution in [0.5, 0.6) is 0 Å². The van der Waals surface area contributed by atoms with Crippen molar-refractivity contribution in [2.24, 2.45) is 0 Å². The fourth-order valence-electron chi connectivity index (χ4n) is 2.79. The van der Waals surface area contributed by atoms with E-state index in [2.05, 4.69) is 10.3 Å². The van der Waals surface area contributed by atoms with Crippen LogP contribution in [0, 0.1) is 12.7 Å². The quantitative estimate of drug-likeness (QED) is 0.765. The molecular formula is C19H20FN3O. The number of amides is 1. The number of carbonyl (C=O) groups is 1. The lowest BCUT2D eigenvalue weighted by Gasteiger charge is -2.13. The second-order valence-electron chi connectivity index (χ2n) is 6.08. The summed E-state index contributed by atoms with van der Waals surface area (Å²) in [5.41, 5.74) is 4.36. The van der Waals surface area contributed by atoms with Crippen LogP contribution in [0.15, 0.2) is 42.5 Å². The topological polar surface area (TPSA) is 48.1 Å². The number of carbonyl (C=O) groups excluding carboxylic acids is 1. The molecule has 1 aromatic heterocycles. The Bertz CT molecular complexity index is 882. The van der Waals surface area contributed by atoms with Crippen molar-refractivity contribution in [3.05, 3.63) is 59.5 Å². The van der Waals surface area contributed by atoms with Crippen molar-refractivity contribution in [3.8, 4) is 0 Å². The highest BCUT2D eigenvalue weighted by molar-refractivity contribution is 5.96. The molecule has 0 saturated heterocycles. The van der Waals surface area contributed by atoms with Crippen molar-refractivity contribution in [2.75, 3.05) is 24.3 Å². The first-order valence-electron chi connectivity index (χ1n) is 7.78. The van der Waals surface area contributed by atoms with Crippen molar-refractivity contribution < 1.29 is 9.18 Å². The van der Waals surface area contributed by atoms with E-state index in [0.717, 1.165) is 33.5 Å². The summed E-state index contributed by atoms with van der Waals surface area (Å²) in [7, 11) is 3.93. The molecule has 0 unspecified atom stereocenters. The molecule has 2 aromatic carbocycles. The Hall–Kier alpha value is -2.82. The number of nitrogens with zero attached hydrogens (tertiary/aromatic N) is 1. The summed E-state index contributed by atoms with van der Waals surface area (Å²) >= 11 is 0. The molecule has 0 fully saturated rings. The third-order valence-electron chi connectivity index (χ3n) is 4.09. The van der Waals surface area contributed by atoms with Gasteiger partial charge in [-0.3, -0.25) is 4.79 Å². The Balaban J connectivity index is 1.77. The summed E-state index contributed by atoms with van der Waals surface area (Å²) in [6.07, 6.45) is 0.199. The molecule has 3 rings (SSSR count). The first kappa shape index (κ1) is 16.1. The van der Waals surface area contributed by atoms with Gasteiger partial charge in [0.05, 0.1) is 6.42 Å². The molecule has 1 amide bonds. The van der Waals surface area contributed by atoms with Gasteiger partial charge in [0.25, 0.3) is 0 Å². The smallest absolute Gasteiger partial charge is 0.228 e. The lowest BCUT2D eigenvalue weighted by molar-refractivity contribution is -0.115. The van der Waals surface area contributed by atoms with Gasteiger partial charge in [0.15, 0.2) is 0 Å². The van der Waals surface area contributed by atoms with Crippen LogP contribution in [0.1, 0.15) is 11.3 Å². The van der Waals surface area contributed by atoms with Gasteiger partial charge in [0.2, 0.25) is 5.91 Å². The third kappa shape index (κ3) is 3.25. The zero-order valence-electron chi connectivity index (χ0n) is 14.0. The molecule has 0 aliphatic heterocycles. The van der Waals surface area contributed by atoms with E-state index in [9.17, 15) is 9.18 Å². The largest absolute Gasteiger partial charge is 0.378 e. The number of benzene rings is 2. The minimum Gasteiger partial charge on any atom is -0.378 e. The Morgan fingerprint density at radius 1 is 1.17 bits per heavy atom.